The molecule has 0 radical (unpaired) electrons. The van der Waals surface area contributed by atoms with Crippen molar-refractivity contribution in [3.05, 3.63) is 70.0 Å². The van der Waals surface area contributed by atoms with Gasteiger partial charge in [-0.15, -0.1) is 0 Å². The quantitative estimate of drug-likeness (QED) is 0.378. The van der Waals surface area contributed by atoms with Gasteiger partial charge in [-0.1, -0.05) is 35.0 Å². The van der Waals surface area contributed by atoms with Gasteiger partial charge >= 0.3 is 0 Å². The molecule has 0 saturated heterocycles. The summed E-state index contributed by atoms with van der Waals surface area (Å²) in [6.07, 6.45) is 2.94. The van der Waals surface area contributed by atoms with Crippen LogP contribution >= 0.6 is 23.4 Å². The Morgan fingerprint density at radius 2 is 2.07 bits per heavy atom. The first-order chi connectivity index (χ1) is 14.4. The minimum Gasteiger partial charge on any atom is -0.323 e. The van der Waals surface area contributed by atoms with Crippen molar-refractivity contribution in [2.24, 2.45) is 7.05 Å². The fourth-order valence-corrected chi connectivity index (χ4v) is 3.89. The average Bonchev–Trinajstić information content (AvgIpc) is 3.25. The highest BCUT2D eigenvalue weighted by atomic mass is 35.5. The molecule has 0 bridgehead atoms. The van der Waals surface area contributed by atoms with Gasteiger partial charge in [0.05, 0.1) is 28.0 Å². The zero-order valence-corrected chi connectivity index (χ0v) is 17.7. The van der Waals surface area contributed by atoms with Gasteiger partial charge in [-0.05, 0) is 37.3 Å². The van der Waals surface area contributed by atoms with E-state index in [0.717, 1.165) is 5.56 Å². The van der Waals surface area contributed by atoms with E-state index in [1.54, 1.807) is 25.2 Å². The first-order valence-corrected chi connectivity index (χ1v) is 10.3. The molecular weight excluding hydrogens is 424 g/mol. The lowest BCUT2D eigenvalue weighted by atomic mass is 10.2. The highest BCUT2D eigenvalue weighted by Gasteiger charge is 2.14. The SMILES string of the molecule is Cc1ccc2nc(SCC(=O)Nc3cc(Cl)ccc3-n3cncn3)n(C)c(=O)c2c1. The van der Waals surface area contributed by atoms with E-state index >= 15 is 0 Å². The Morgan fingerprint density at radius 3 is 2.83 bits per heavy atom. The van der Waals surface area contributed by atoms with Crippen LogP contribution in [0.4, 0.5) is 5.69 Å². The number of fused-ring (bicyclic) bond motifs is 1. The lowest BCUT2D eigenvalue weighted by molar-refractivity contribution is -0.113. The molecule has 0 fully saturated rings. The van der Waals surface area contributed by atoms with Crippen LogP contribution in [0.3, 0.4) is 0 Å². The molecule has 4 aromatic rings. The molecule has 0 aliphatic heterocycles. The molecule has 10 heteroatoms. The molecule has 0 aliphatic carbocycles. The first-order valence-electron chi connectivity index (χ1n) is 8.97. The highest BCUT2D eigenvalue weighted by Crippen LogP contribution is 2.25. The van der Waals surface area contributed by atoms with Gasteiger partial charge in [-0.3, -0.25) is 14.2 Å². The van der Waals surface area contributed by atoms with Crippen molar-refractivity contribution in [3.8, 4) is 5.69 Å². The molecular formula is C20H17ClN6O2S. The Bertz CT molecular complexity index is 1300. The van der Waals surface area contributed by atoms with Crippen LogP contribution in [0, 0.1) is 6.92 Å². The Kier molecular flexibility index (Phi) is 5.56. The number of carbonyl (C=O) groups is 1. The smallest absolute Gasteiger partial charge is 0.261 e. The zero-order chi connectivity index (χ0) is 21.3. The summed E-state index contributed by atoms with van der Waals surface area (Å²) < 4.78 is 3.00. The van der Waals surface area contributed by atoms with Crippen LogP contribution in [-0.4, -0.2) is 36.0 Å². The second-order valence-corrected chi connectivity index (χ2v) is 8.00. The highest BCUT2D eigenvalue weighted by molar-refractivity contribution is 7.99. The summed E-state index contributed by atoms with van der Waals surface area (Å²) in [6.45, 7) is 1.93. The standard InChI is InChI=1S/C20H17ClN6O2S/c1-12-3-5-15-14(7-12)19(29)26(2)20(25-15)30-9-18(28)24-16-8-13(21)4-6-17(16)27-11-22-10-23-27/h3-8,10-11H,9H2,1-2H3,(H,24,28). The summed E-state index contributed by atoms with van der Waals surface area (Å²) >= 11 is 7.28. The van der Waals surface area contributed by atoms with E-state index in [1.165, 1.54) is 33.7 Å². The van der Waals surface area contributed by atoms with Crippen LogP contribution in [-0.2, 0) is 11.8 Å². The lowest BCUT2D eigenvalue weighted by Gasteiger charge is -2.12. The molecule has 30 heavy (non-hydrogen) atoms. The number of halogens is 1. The molecule has 2 aromatic heterocycles. The molecule has 8 nitrogen and oxygen atoms in total. The Labute approximate surface area is 180 Å². The van der Waals surface area contributed by atoms with E-state index in [2.05, 4.69) is 20.4 Å². The van der Waals surface area contributed by atoms with Crippen molar-refractivity contribution in [2.45, 2.75) is 12.1 Å². The summed E-state index contributed by atoms with van der Waals surface area (Å²) in [7, 11) is 1.65. The van der Waals surface area contributed by atoms with Crippen LogP contribution in [0.2, 0.25) is 5.02 Å². The van der Waals surface area contributed by atoms with Crippen molar-refractivity contribution >= 4 is 45.9 Å². The predicted octanol–water partition coefficient (Wildman–Crippen LogP) is 3.21. The fraction of sp³-hybridized carbons (Fsp3) is 0.150. The minimum absolute atomic E-state index is 0.0704. The Balaban J connectivity index is 1.54. The molecule has 2 aromatic carbocycles. The number of aryl methyl sites for hydroxylation is 1. The number of aromatic nitrogens is 5. The van der Waals surface area contributed by atoms with E-state index in [1.807, 2.05) is 25.1 Å². The van der Waals surface area contributed by atoms with Crippen LogP contribution in [0.15, 0.2) is 59.0 Å². The van der Waals surface area contributed by atoms with Crippen molar-refractivity contribution in [1.82, 2.24) is 24.3 Å². The van der Waals surface area contributed by atoms with Crippen molar-refractivity contribution in [2.75, 3.05) is 11.1 Å². The average molecular weight is 441 g/mol. The van der Waals surface area contributed by atoms with Crippen molar-refractivity contribution in [3.63, 3.8) is 0 Å². The molecule has 0 spiro atoms. The Hall–Kier alpha value is -3.17. The third kappa shape index (κ3) is 4.07. The Morgan fingerprint density at radius 1 is 1.23 bits per heavy atom. The van der Waals surface area contributed by atoms with E-state index in [-0.39, 0.29) is 17.2 Å². The molecule has 0 unspecified atom stereocenters. The maximum Gasteiger partial charge on any atom is 0.261 e. The summed E-state index contributed by atoms with van der Waals surface area (Å²) in [5, 5.41) is 8.44. The number of benzene rings is 2. The molecule has 1 N–H and O–H groups in total. The summed E-state index contributed by atoms with van der Waals surface area (Å²) in [4.78, 5) is 33.7. The van der Waals surface area contributed by atoms with Crippen molar-refractivity contribution < 1.29 is 4.79 Å². The monoisotopic (exact) mass is 440 g/mol. The van der Waals surface area contributed by atoms with E-state index in [4.69, 9.17) is 11.6 Å². The summed E-state index contributed by atoms with van der Waals surface area (Å²) in [6, 6.07) is 10.6. The van der Waals surface area contributed by atoms with Gasteiger partial charge in [-0.2, -0.15) is 5.10 Å². The topological polar surface area (TPSA) is 94.7 Å². The number of rotatable bonds is 5. The lowest BCUT2D eigenvalue weighted by Crippen LogP contribution is -2.21. The largest absolute Gasteiger partial charge is 0.323 e. The third-order valence-corrected chi connectivity index (χ3v) is 5.69. The number of carbonyl (C=O) groups excluding carboxylic acids is 1. The molecule has 0 aliphatic rings. The number of thioether (sulfide) groups is 1. The van der Waals surface area contributed by atoms with Crippen LogP contribution < -0.4 is 10.9 Å². The maximum atomic E-state index is 12.6. The number of hydrogen-bond acceptors (Lipinski definition) is 6. The molecule has 2 heterocycles. The van der Waals surface area contributed by atoms with E-state index < -0.39 is 0 Å². The molecule has 0 atom stereocenters. The van der Waals surface area contributed by atoms with E-state index in [0.29, 0.717) is 32.5 Å². The molecule has 1 amide bonds. The van der Waals surface area contributed by atoms with Crippen LogP contribution in [0.1, 0.15) is 5.56 Å². The predicted molar refractivity (Wildman–Crippen MR) is 117 cm³/mol. The summed E-state index contributed by atoms with van der Waals surface area (Å²) in [5.74, 6) is -0.192. The minimum atomic E-state index is -0.262. The van der Waals surface area contributed by atoms with E-state index in [9.17, 15) is 9.59 Å². The molecule has 152 valence electrons. The maximum absolute atomic E-state index is 12.6. The number of nitrogens with zero attached hydrogens (tertiary/aromatic N) is 5. The zero-order valence-electron chi connectivity index (χ0n) is 16.2. The normalized spacial score (nSPS) is 11.0. The first kappa shape index (κ1) is 20.1. The number of anilines is 1. The number of hydrogen-bond donors (Lipinski definition) is 1. The van der Waals surface area contributed by atoms with Crippen molar-refractivity contribution in [1.29, 1.82) is 0 Å². The van der Waals surface area contributed by atoms with Gasteiger partial charge in [0.25, 0.3) is 5.56 Å². The van der Waals surface area contributed by atoms with Gasteiger partial charge in [-0.25, -0.2) is 14.6 Å². The second kappa shape index (κ2) is 8.29. The number of amides is 1. The van der Waals surface area contributed by atoms with Gasteiger partial charge in [0.15, 0.2) is 5.16 Å². The van der Waals surface area contributed by atoms with Crippen LogP contribution in [0.25, 0.3) is 16.6 Å². The van der Waals surface area contributed by atoms with Crippen LogP contribution in [0.5, 0.6) is 0 Å². The fourth-order valence-electron chi connectivity index (χ4n) is 2.95. The van der Waals surface area contributed by atoms with Gasteiger partial charge < -0.3 is 5.32 Å². The van der Waals surface area contributed by atoms with Gasteiger partial charge in [0, 0.05) is 12.1 Å². The summed E-state index contributed by atoms with van der Waals surface area (Å²) in [5.41, 5.74) is 2.60. The van der Waals surface area contributed by atoms with Gasteiger partial charge in [0.2, 0.25) is 5.91 Å². The second-order valence-electron chi connectivity index (χ2n) is 6.62. The number of nitrogens with one attached hydrogen (secondary N) is 1. The molecule has 0 saturated carbocycles. The van der Waals surface area contributed by atoms with Gasteiger partial charge in [0.1, 0.15) is 12.7 Å². The third-order valence-electron chi connectivity index (χ3n) is 4.42. The molecule has 4 rings (SSSR count).